The van der Waals surface area contributed by atoms with Crippen LogP contribution < -0.4 is 0 Å². The van der Waals surface area contributed by atoms with Gasteiger partial charge in [-0.15, -0.1) is 0 Å². The third-order valence-corrected chi connectivity index (χ3v) is 4.36. The quantitative estimate of drug-likeness (QED) is 0.834. The fourth-order valence-corrected chi connectivity index (χ4v) is 2.92. The molecule has 0 aromatic carbocycles. The number of carboxylic acids is 1. The lowest BCUT2D eigenvalue weighted by Gasteiger charge is -2.22. The number of carbonyl (C=O) groups is 2. The van der Waals surface area contributed by atoms with Gasteiger partial charge in [0.05, 0.1) is 6.54 Å². The van der Waals surface area contributed by atoms with Gasteiger partial charge < -0.3 is 19.2 Å². The second kappa shape index (κ2) is 8.15. The van der Waals surface area contributed by atoms with E-state index in [1.54, 1.807) is 18.9 Å². The molecule has 0 saturated carbocycles. The number of amides is 1. The summed E-state index contributed by atoms with van der Waals surface area (Å²) in [5.41, 5.74) is 0.153. The molecule has 0 atom stereocenters. The first kappa shape index (κ1) is 17.5. The molecule has 0 bridgehead atoms. The topological polar surface area (TPSA) is 80.0 Å². The summed E-state index contributed by atoms with van der Waals surface area (Å²) in [4.78, 5) is 24.7. The van der Waals surface area contributed by atoms with E-state index in [1.165, 1.54) is 6.07 Å². The highest BCUT2D eigenvalue weighted by atomic mass is 16.5. The molecule has 1 saturated heterocycles. The lowest BCUT2D eigenvalue weighted by atomic mass is 9.94. The van der Waals surface area contributed by atoms with Gasteiger partial charge in [-0.3, -0.25) is 4.79 Å². The van der Waals surface area contributed by atoms with Crippen LogP contribution in [0.1, 0.15) is 54.0 Å². The Morgan fingerprint density at radius 2 is 2.04 bits per heavy atom. The minimum absolute atomic E-state index is 0.0583. The van der Waals surface area contributed by atoms with Crippen LogP contribution in [-0.4, -0.2) is 42.1 Å². The van der Waals surface area contributed by atoms with Crippen molar-refractivity contribution in [1.29, 1.82) is 0 Å². The standard InChI is InChI=1S/C17H25NO5/c1-12-15(17(20)21)10-14(23-12)11-18(2)16(19)5-3-4-13-6-8-22-9-7-13/h10,13H,3-9,11H2,1-2H3,(H,20,21). The predicted molar refractivity (Wildman–Crippen MR) is 84.3 cm³/mol. The maximum atomic E-state index is 12.2. The van der Waals surface area contributed by atoms with E-state index in [0.717, 1.165) is 38.9 Å². The van der Waals surface area contributed by atoms with E-state index in [2.05, 4.69) is 0 Å². The summed E-state index contributed by atoms with van der Waals surface area (Å²) in [5.74, 6) is 0.590. The monoisotopic (exact) mass is 323 g/mol. The van der Waals surface area contributed by atoms with E-state index in [-0.39, 0.29) is 11.5 Å². The second-order valence-corrected chi connectivity index (χ2v) is 6.19. The molecule has 0 aliphatic carbocycles. The van der Waals surface area contributed by atoms with Gasteiger partial charge in [-0.25, -0.2) is 4.79 Å². The van der Waals surface area contributed by atoms with Gasteiger partial charge in [0, 0.05) is 26.7 Å². The first-order valence-electron chi connectivity index (χ1n) is 8.11. The smallest absolute Gasteiger partial charge is 0.339 e. The molecule has 2 heterocycles. The zero-order valence-corrected chi connectivity index (χ0v) is 13.8. The molecule has 6 nitrogen and oxygen atoms in total. The lowest BCUT2D eigenvalue weighted by Crippen LogP contribution is -2.26. The van der Waals surface area contributed by atoms with Crippen molar-refractivity contribution in [2.75, 3.05) is 20.3 Å². The molecule has 2 rings (SSSR count). The first-order valence-corrected chi connectivity index (χ1v) is 8.11. The molecule has 0 spiro atoms. The molecule has 1 amide bonds. The second-order valence-electron chi connectivity index (χ2n) is 6.19. The molecular weight excluding hydrogens is 298 g/mol. The molecular formula is C17H25NO5. The number of aromatic carboxylic acids is 1. The number of nitrogens with zero attached hydrogens (tertiary/aromatic N) is 1. The van der Waals surface area contributed by atoms with E-state index < -0.39 is 5.97 Å². The number of hydrogen-bond acceptors (Lipinski definition) is 4. The maximum absolute atomic E-state index is 12.2. The molecule has 6 heteroatoms. The van der Waals surface area contributed by atoms with E-state index in [1.807, 2.05) is 0 Å². The van der Waals surface area contributed by atoms with Gasteiger partial charge in [0.25, 0.3) is 0 Å². The summed E-state index contributed by atoms with van der Waals surface area (Å²) < 4.78 is 10.7. The van der Waals surface area contributed by atoms with Crippen molar-refractivity contribution in [3.8, 4) is 0 Å². The van der Waals surface area contributed by atoms with Crippen LogP contribution in [0.25, 0.3) is 0 Å². The van der Waals surface area contributed by atoms with Gasteiger partial charge in [-0.2, -0.15) is 0 Å². The Hall–Kier alpha value is -1.82. The third-order valence-electron chi connectivity index (χ3n) is 4.36. The largest absolute Gasteiger partial charge is 0.478 e. The number of carbonyl (C=O) groups excluding carboxylic acids is 1. The number of aryl methyl sites for hydroxylation is 1. The number of carboxylic acid groups (broad SMARTS) is 1. The highest BCUT2D eigenvalue weighted by Crippen LogP contribution is 2.21. The van der Waals surface area contributed by atoms with Crippen LogP contribution in [0, 0.1) is 12.8 Å². The van der Waals surface area contributed by atoms with Crippen LogP contribution in [0.4, 0.5) is 0 Å². The van der Waals surface area contributed by atoms with Crippen molar-refractivity contribution >= 4 is 11.9 Å². The molecule has 1 aromatic heterocycles. The molecule has 1 aromatic rings. The number of ether oxygens (including phenoxy) is 1. The van der Waals surface area contributed by atoms with Crippen molar-refractivity contribution in [3.05, 3.63) is 23.2 Å². The van der Waals surface area contributed by atoms with Crippen molar-refractivity contribution in [2.45, 2.75) is 45.6 Å². The molecule has 128 valence electrons. The van der Waals surface area contributed by atoms with Gasteiger partial charge in [-0.1, -0.05) is 0 Å². The molecule has 1 N–H and O–H groups in total. The number of hydrogen-bond donors (Lipinski definition) is 1. The SMILES string of the molecule is Cc1oc(CN(C)C(=O)CCCC2CCOCC2)cc1C(=O)O. The molecule has 0 radical (unpaired) electrons. The van der Waals surface area contributed by atoms with Gasteiger partial charge >= 0.3 is 5.97 Å². The summed E-state index contributed by atoms with van der Waals surface area (Å²) in [6.07, 6.45) is 4.64. The number of rotatable bonds is 7. The summed E-state index contributed by atoms with van der Waals surface area (Å²) in [6.45, 7) is 3.58. The molecule has 1 aliphatic rings. The molecule has 1 fully saturated rings. The lowest BCUT2D eigenvalue weighted by molar-refractivity contribution is -0.130. The minimum atomic E-state index is -1.01. The fourth-order valence-electron chi connectivity index (χ4n) is 2.92. The van der Waals surface area contributed by atoms with E-state index >= 15 is 0 Å². The van der Waals surface area contributed by atoms with Crippen molar-refractivity contribution in [1.82, 2.24) is 4.90 Å². The highest BCUT2D eigenvalue weighted by Gasteiger charge is 2.18. The van der Waals surface area contributed by atoms with Crippen LogP contribution in [0.3, 0.4) is 0 Å². The average Bonchev–Trinajstić information content (AvgIpc) is 2.89. The highest BCUT2D eigenvalue weighted by molar-refractivity contribution is 5.88. The Labute approximate surface area is 136 Å². The Morgan fingerprint density at radius 3 is 2.65 bits per heavy atom. The molecule has 0 unspecified atom stereocenters. The Balaban J connectivity index is 1.76. The van der Waals surface area contributed by atoms with E-state index in [4.69, 9.17) is 14.3 Å². The Bertz CT molecular complexity index is 545. The van der Waals surface area contributed by atoms with Gasteiger partial charge in [0.2, 0.25) is 5.91 Å². The van der Waals surface area contributed by atoms with Crippen LogP contribution >= 0.6 is 0 Å². The zero-order chi connectivity index (χ0) is 16.8. The third kappa shape index (κ3) is 5.10. The van der Waals surface area contributed by atoms with Crippen molar-refractivity contribution in [2.24, 2.45) is 5.92 Å². The van der Waals surface area contributed by atoms with Crippen molar-refractivity contribution < 1.29 is 23.8 Å². The van der Waals surface area contributed by atoms with Crippen LogP contribution in [-0.2, 0) is 16.1 Å². The van der Waals surface area contributed by atoms with Gasteiger partial charge in [-0.05, 0) is 44.6 Å². The first-order chi connectivity index (χ1) is 11.0. The van der Waals surface area contributed by atoms with E-state index in [9.17, 15) is 9.59 Å². The minimum Gasteiger partial charge on any atom is -0.478 e. The summed E-state index contributed by atoms with van der Waals surface area (Å²) >= 11 is 0. The van der Waals surface area contributed by atoms with Crippen LogP contribution in [0.5, 0.6) is 0 Å². The average molecular weight is 323 g/mol. The molecule has 1 aliphatic heterocycles. The van der Waals surface area contributed by atoms with Crippen LogP contribution in [0.2, 0.25) is 0 Å². The van der Waals surface area contributed by atoms with E-state index in [0.29, 0.717) is 30.4 Å². The fraction of sp³-hybridized carbons (Fsp3) is 0.647. The summed E-state index contributed by atoms with van der Waals surface area (Å²) in [6, 6.07) is 1.49. The van der Waals surface area contributed by atoms with Gasteiger partial charge in [0.15, 0.2) is 0 Å². The van der Waals surface area contributed by atoms with Crippen LogP contribution in [0.15, 0.2) is 10.5 Å². The van der Waals surface area contributed by atoms with Gasteiger partial charge in [0.1, 0.15) is 17.1 Å². The Morgan fingerprint density at radius 1 is 1.35 bits per heavy atom. The summed E-state index contributed by atoms with van der Waals surface area (Å²) in [5, 5.41) is 9.01. The Kier molecular flexibility index (Phi) is 6.21. The predicted octanol–water partition coefficient (Wildman–Crippen LogP) is 2.84. The molecule has 23 heavy (non-hydrogen) atoms. The maximum Gasteiger partial charge on any atom is 0.339 e. The van der Waals surface area contributed by atoms with Crippen molar-refractivity contribution in [3.63, 3.8) is 0 Å². The number of furan rings is 1. The normalized spacial score (nSPS) is 15.6. The zero-order valence-electron chi connectivity index (χ0n) is 13.8. The summed E-state index contributed by atoms with van der Waals surface area (Å²) in [7, 11) is 1.72.